The van der Waals surface area contributed by atoms with E-state index in [-0.39, 0.29) is 16.8 Å². The van der Waals surface area contributed by atoms with Gasteiger partial charge in [0.05, 0.1) is 10.8 Å². The van der Waals surface area contributed by atoms with Crippen molar-refractivity contribution >= 4 is 21.6 Å². The molecule has 5 nitrogen and oxygen atoms in total. The first kappa shape index (κ1) is 22.2. The number of amides is 1. The number of carbonyl (C=O) groups is 1. The van der Waals surface area contributed by atoms with Gasteiger partial charge in [-0.25, -0.2) is 8.42 Å². The molecule has 1 saturated heterocycles. The summed E-state index contributed by atoms with van der Waals surface area (Å²) < 4.78 is 27.7. The van der Waals surface area contributed by atoms with Crippen LogP contribution >= 0.6 is 0 Å². The van der Waals surface area contributed by atoms with Gasteiger partial charge in [0.15, 0.2) is 0 Å². The molecule has 1 aliphatic rings. The fourth-order valence-electron chi connectivity index (χ4n) is 4.28. The van der Waals surface area contributed by atoms with Crippen LogP contribution in [0.15, 0.2) is 89.8 Å². The molecule has 3 aromatic rings. The molecule has 1 heterocycles. The maximum atomic E-state index is 13.2. The van der Waals surface area contributed by atoms with E-state index in [2.05, 4.69) is 5.32 Å². The smallest absolute Gasteiger partial charge is 0.243 e. The highest BCUT2D eigenvalue weighted by atomic mass is 32.2. The number of piperidine rings is 1. The van der Waals surface area contributed by atoms with E-state index in [1.807, 2.05) is 67.6 Å². The lowest BCUT2D eigenvalue weighted by Crippen LogP contribution is -2.41. The first-order chi connectivity index (χ1) is 15.5. The summed E-state index contributed by atoms with van der Waals surface area (Å²) in [6.45, 7) is 2.51. The van der Waals surface area contributed by atoms with Gasteiger partial charge in [0, 0.05) is 18.3 Å². The number of rotatable bonds is 6. The molecule has 1 fully saturated rings. The normalized spacial score (nSPS) is 17.2. The monoisotopic (exact) mass is 448 g/mol. The molecule has 0 spiro atoms. The quantitative estimate of drug-likeness (QED) is 0.576. The number of anilines is 1. The van der Waals surface area contributed by atoms with Gasteiger partial charge in [-0.05, 0) is 55.2 Å². The number of hydrogen-bond acceptors (Lipinski definition) is 3. The van der Waals surface area contributed by atoms with Crippen LogP contribution in [0.1, 0.15) is 43.2 Å². The van der Waals surface area contributed by atoms with Gasteiger partial charge in [0.25, 0.3) is 0 Å². The van der Waals surface area contributed by atoms with Crippen molar-refractivity contribution < 1.29 is 13.2 Å². The molecule has 1 amide bonds. The summed E-state index contributed by atoms with van der Waals surface area (Å²) in [5.74, 6) is -0.627. The zero-order chi connectivity index (χ0) is 22.6. The van der Waals surface area contributed by atoms with Crippen LogP contribution in [0.4, 0.5) is 5.69 Å². The number of nitrogens with zero attached hydrogens (tertiary/aromatic N) is 1. The van der Waals surface area contributed by atoms with Crippen LogP contribution in [0, 0.1) is 0 Å². The molecule has 0 saturated carbocycles. The number of hydrogen-bond donors (Lipinski definition) is 1. The minimum Gasteiger partial charge on any atom is -0.325 e. The minimum atomic E-state index is -3.54. The molecule has 1 N–H and O–H groups in total. The number of benzene rings is 3. The molecular weight excluding hydrogens is 420 g/mol. The number of sulfonamides is 1. The Bertz CT molecular complexity index is 1110. The van der Waals surface area contributed by atoms with E-state index in [1.165, 1.54) is 0 Å². The van der Waals surface area contributed by atoms with Crippen molar-refractivity contribution in [3.05, 3.63) is 96.1 Å². The van der Waals surface area contributed by atoms with E-state index in [4.69, 9.17) is 0 Å². The van der Waals surface area contributed by atoms with E-state index < -0.39 is 15.9 Å². The van der Waals surface area contributed by atoms with Crippen LogP contribution in [-0.4, -0.2) is 31.2 Å². The second-order valence-corrected chi connectivity index (χ2v) is 10.1. The van der Waals surface area contributed by atoms with Gasteiger partial charge in [-0.2, -0.15) is 4.31 Å². The average molecular weight is 449 g/mol. The van der Waals surface area contributed by atoms with Crippen molar-refractivity contribution in [1.82, 2.24) is 4.31 Å². The molecule has 0 radical (unpaired) electrons. The van der Waals surface area contributed by atoms with Gasteiger partial charge in [0.1, 0.15) is 0 Å². The van der Waals surface area contributed by atoms with Crippen LogP contribution in [0.3, 0.4) is 0 Å². The first-order valence-electron chi connectivity index (χ1n) is 11.0. The van der Waals surface area contributed by atoms with Gasteiger partial charge >= 0.3 is 0 Å². The van der Waals surface area contributed by atoms with E-state index in [9.17, 15) is 13.2 Å². The summed E-state index contributed by atoms with van der Waals surface area (Å²) in [4.78, 5) is 13.5. The molecule has 32 heavy (non-hydrogen) atoms. The van der Waals surface area contributed by atoms with Gasteiger partial charge in [-0.15, -0.1) is 0 Å². The van der Waals surface area contributed by atoms with E-state index >= 15 is 0 Å². The van der Waals surface area contributed by atoms with Crippen LogP contribution in [-0.2, 0) is 14.8 Å². The summed E-state index contributed by atoms with van der Waals surface area (Å²) >= 11 is 0. The zero-order valence-corrected chi connectivity index (χ0v) is 19.0. The highest BCUT2D eigenvalue weighted by Crippen LogP contribution is 2.28. The molecule has 0 aromatic heterocycles. The van der Waals surface area contributed by atoms with Crippen molar-refractivity contribution in [3.63, 3.8) is 0 Å². The predicted octanol–water partition coefficient (Wildman–Crippen LogP) is 5.02. The van der Waals surface area contributed by atoms with E-state index in [1.54, 1.807) is 28.6 Å². The van der Waals surface area contributed by atoms with Crippen LogP contribution in [0.25, 0.3) is 0 Å². The van der Waals surface area contributed by atoms with Crippen molar-refractivity contribution in [1.29, 1.82) is 0 Å². The second kappa shape index (κ2) is 9.67. The molecule has 1 atom stereocenters. The third-order valence-corrected chi connectivity index (χ3v) is 8.03. The Labute approximate surface area is 190 Å². The van der Waals surface area contributed by atoms with Gasteiger partial charge < -0.3 is 5.32 Å². The Kier molecular flexibility index (Phi) is 6.72. The van der Waals surface area contributed by atoms with Crippen molar-refractivity contribution in [2.45, 2.75) is 43.0 Å². The standard InChI is InChI=1S/C26H28N2O3S/c1-20-10-8-9-19-28(20)32(30,31)24-17-15-23(16-18-24)27-26(29)25(21-11-4-2-5-12-21)22-13-6-3-7-14-22/h2-7,11-18,20,25H,8-10,19H2,1H3,(H,27,29). The van der Waals surface area contributed by atoms with E-state index in [0.717, 1.165) is 30.4 Å². The second-order valence-electron chi connectivity index (χ2n) is 8.23. The Hall–Kier alpha value is -2.96. The van der Waals surface area contributed by atoms with Crippen molar-refractivity contribution in [3.8, 4) is 0 Å². The Balaban J connectivity index is 1.55. The Morgan fingerprint density at radius 1 is 0.875 bits per heavy atom. The number of carbonyl (C=O) groups excluding carboxylic acids is 1. The summed E-state index contributed by atoms with van der Waals surface area (Å²) in [6, 6.07) is 25.7. The topological polar surface area (TPSA) is 66.5 Å². The highest BCUT2D eigenvalue weighted by molar-refractivity contribution is 7.89. The Morgan fingerprint density at radius 2 is 1.44 bits per heavy atom. The first-order valence-corrected chi connectivity index (χ1v) is 12.4. The summed E-state index contributed by atoms with van der Waals surface area (Å²) in [7, 11) is -3.54. The van der Waals surface area contributed by atoms with Crippen molar-refractivity contribution in [2.75, 3.05) is 11.9 Å². The summed E-state index contributed by atoms with van der Waals surface area (Å²) in [6.07, 6.45) is 2.83. The molecule has 1 aliphatic heterocycles. The van der Waals surface area contributed by atoms with Crippen LogP contribution in [0.5, 0.6) is 0 Å². The molecule has 6 heteroatoms. The molecule has 4 rings (SSSR count). The molecular formula is C26H28N2O3S. The summed E-state index contributed by atoms with van der Waals surface area (Å²) in [5.41, 5.74) is 2.36. The third kappa shape index (κ3) is 4.76. The maximum Gasteiger partial charge on any atom is 0.243 e. The molecule has 0 aliphatic carbocycles. The fraction of sp³-hybridized carbons (Fsp3) is 0.269. The maximum absolute atomic E-state index is 13.2. The third-order valence-electron chi connectivity index (χ3n) is 6.00. The lowest BCUT2D eigenvalue weighted by molar-refractivity contribution is -0.116. The highest BCUT2D eigenvalue weighted by Gasteiger charge is 2.31. The average Bonchev–Trinajstić information content (AvgIpc) is 2.81. The van der Waals surface area contributed by atoms with Gasteiger partial charge in [0.2, 0.25) is 15.9 Å². The van der Waals surface area contributed by atoms with Crippen LogP contribution < -0.4 is 5.32 Å². The zero-order valence-electron chi connectivity index (χ0n) is 18.1. The van der Waals surface area contributed by atoms with Gasteiger partial charge in [-0.3, -0.25) is 4.79 Å². The summed E-state index contributed by atoms with van der Waals surface area (Å²) in [5, 5.41) is 2.96. The number of nitrogens with one attached hydrogen (secondary N) is 1. The van der Waals surface area contributed by atoms with Crippen molar-refractivity contribution in [2.24, 2.45) is 0 Å². The molecule has 3 aromatic carbocycles. The Morgan fingerprint density at radius 3 is 1.97 bits per heavy atom. The lowest BCUT2D eigenvalue weighted by Gasteiger charge is -2.32. The van der Waals surface area contributed by atoms with Crippen LogP contribution in [0.2, 0.25) is 0 Å². The van der Waals surface area contributed by atoms with E-state index in [0.29, 0.717) is 12.2 Å². The fourth-order valence-corrected chi connectivity index (χ4v) is 5.97. The lowest BCUT2D eigenvalue weighted by atomic mass is 9.90. The largest absolute Gasteiger partial charge is 0.325 e. The SMILES string of the molecule is CC1CCCCN1S(=O)(=O)c1ccc(NC(=O)C(c2ccccc2)c2ccccc2)cc1. The minimum absolute atomic E-state index is 0.00522. The van der Waals surface area contributed by atoms with Gasteiger partial charge in [-0.1, -0.05) is 67.1 Å². The predicted molar refractivity (Wildman–Crippen MR) is 127 cm³/mol. The molecule has 1 unspecified atom stereocenters. The molecule has 0 bridgehead atoms. The molecule has 166 valence electrons.